The maximum absolute atomic E-state index is 12.8. The normalized spacial score (nSPS) is 16.7. The molecule has 0 spiro atoms. The van der Waals surface area contributed by atoms with Crippen molar-refractivity contribution in [1.29, 1.82) is 0 Å². The molecule has 5 heteroatoms. The monoisotopic (exact) mass is 361 g/mol. The molecule has 2 aromatic carbocycles. The minimum absolute atomic E-state index is 0.0262. The second-order valence-electron chi connectivity index (χ2n) is 7.04. The van der Waals surface area contributed by atoms with Gasteiger partial charge in [-0.2, -0.15) is 0 Å². The van der Waals surface area contributed by atoms with Gasteiger partial charge in [0.05, 0.1) is 0 Å². The molecule has 1 fully saturated rings. The number of aryl methyl sites for hydroxylation is 1. The number of para-hydroxylation sites is 1. The fraction of sp³-hybridized carbons (Fsp3) is 0.273. The second kappa shape index (κ2) is 6.91. The number of hydrogen-bond acceptors (Lipinski definition) is 3. The Hall–Kier alpha value is -3.08. The van der Waals surface area contributed by atoms with Crippen molar-refractivity contribution in [3.63, 3.8) is 0 Å². The number of anilines is 1. The smallest absolute Gasteiger partial charge is 0.259 e. The van der Waals surface area contributed by atoms with Crippen LogP contribution in [0.5, 0.6) is 0 Å². The summed E-state index contributed by atoms with van der Waals surface area (Å²) in [6, 6.07) is 15.7. The molecule has 2 aliphatic heterocycles. The van der Waals surface area contributed by atoms with Gasteiger partial charge in [-0.05, 0) is 24.6 Å². The Bertz CT molecular complexity index is 878. The van der Waals surface area contributed by atoms with Crippen LogP contribution in [0.15, 0.2) is 55.1 Å². The first-order valence-electron chi connectivity index (χ1n) is 9.25. The van der Waals surface area contributed by atoms with E-state index in [0.29, 0.717) is 24.4 Å². The van der Waals surface area contributed by atoms with Crippen molar-refractivity contribution < 1.29 is 9.59 Å². The van der Waals surface area contributed by atoms with Gasteiger partial charge in [-0.15, -0.1) is 0 Å². The number of amides is 2. The molecule has 138 valence electrons. The maximum Gasteiger partial charge on any atom is 0.259 e. The van der Waals surface area contributed by atoms with E-state index in [1.165, 1.54) is 16.2 Å². The Balaban J connectivity index is 1.39. The fourth-order valence-electron chi connectivity index (χ4n) is 3.85. The largest absolute Gasteiger partial charge is 0.368 e. The van der Waals surface area contributed by atoms with Crippen LogP contribution in [-0.2, 0) is 4.79 Å². The second-order valence-corrected chi connectivity index (χ2v) is 7.04. The molecule has 2 heterocycles. The topological polar surface area (TPSA) is 43.9 Å². The lowest BCUT2D eigenvalue weighted by Crippen LogP contribution is -2.51. The van der Waals surface area contributed by atoms with E-state index in [0.717, 1.165) is 18.7 Å². The zero-order valence-electron chi connectivity index (χ0n) is 15.5. The molecule has 2 amide bonds. The Labute approximate surface area is 159 Å². The molecule has 5 nitrogen and oxygen atoms in total. The van der Waals surface area contributed by atoms with E-state index in [1.54, 1.807) is 6.07 Å². The molecule has 4 rings (SSSR count). The highest BCUT2D eigenvalue weighted by molar-refractivity contribution is 6.10. The SMILES string of the molecule is C=C1c2ccccc2C(=O)N1CC(=O)N1CCN(c2ccccc2C)CC1. The van der Waals surface area contributed by atoms with E-state index >= 15 is 0 Å². The van der Waals surface area contributed by atoms with Crippen molar-refractivity contribution in [2.24, 2.45) is 0 Å². The van der Waals surface area contributed by atoms with Gasteiger partial charge in [-0.25, -0.2) is 0 Å². The van der Waals surface area contributed by atoms with E-state index < -0.39 is 0 Å². The van der Waals surface area contributed by atoms with E-state index in [-0.39, 0.29) is 18.4 Å². The summed E-state index contributed by atoms with van der Waals surface area (Å²) in [7, 11) is 0. The van der Waals surface area contributed by atoms with Crippen LogP contribution >= 0.6 is 0 Å². The number of benzene rings is 2. The van der Waals surface area contributed by atoms with Crippen LogP contribution in [0.25, 0.3) is 5.70 Å². The van der Waals surface area contributed by atoms with Crippen molar-refractivity contribution in [3.05, 3.63) is 71.8 Å². The number of fused-ring (bicyclic) bond motifs is 1. The van der Waals surface area contributed by atoms with Gasteiger partial charge in [0.25, 0.3) is 5.91 Å². The molecular weight excluding hydrogens is 338 g/mol. The molecule has 0 unspecified atom stereocenters. The van der Waals surface area contributed by atoms with Gasteiger partial charge in [0.2, 0.25) is 5.91 Å². The highest BCUT2D eigenvalue weighted by Crippen LogP contribution is 2.31. The number of hydrogen-bond donors (Lipinski definition) is 0. The summed E-state index contributed by atoms with van der Waals surface area (Å²) in [6.07, 6.45) is 0. The number of rotatable bonds is 3. The standard InChI is InChI=1S/C22H23N3O2/c1-16-7-3-6-10-20(16)23-11-13-24(14-12-23)21(26)15-25-17(2)18-8-4-5-9-19(18)22(25)27/h3-10H,2,11-15H2,1H3. The van der Waals surface area contributed by atoms with Crippen LogP contribution in [-0.4, -0.2) is 54.3 Å². The summed E-state index contributed by atoms with van der Waals surface area (Å²) in [5.74, 6) is -0.163. The Morgan fingerprint density at radius 1 is 0.963 bits per heavy atom. The molecule has 0 atom stereocenters. The summed E-state index contributed by atoms with van der Waals surface area (Å²) in [4.78, 5) is 31.0. The molecule has 2 aromatic rings. The van der Waals surface area contributed by atoms with Gasteiger partial charge in [0.1, 0.15) is 6.54 Å². The van der Waals surface area contributed by atoms with Crippen LogP contribution < -0.4 is 4.90 Å². The first-order valence-corrected chi connectivity index (χ1v) is 9.25. The van der Waals surface area contributed by atoms with Crippen molar-refractivity contribution in [2.75, 3.05) is 37.6 Å². The van der Waals surface area contributed by atoms with Crippen molar-refractivity contribution in [2.45, 2.75) is 6.92 Å². The van der Waals surface area contributed by atoms with Gasteiger partial charge in [0.15, 0.2) is 0 Å². The van der Waals surface area contributed by atoms with E-state index in [1.807, 2.05) is 35.2 Å². The molecule has 0 bridgehead atoms. The Morgan fingerprint density at radius 3 is 2.26 bits per heavy atom. The lowest BCUT2D eigenvalue weighted by Gasteiger charge is -2.37. The van der Waals surface area contributed by atoms with E-state index in [9.17, 15) is 9.59 Å². The first kappa shape index (κ1) is 17.3. The summed E-state index contributed by atoms with van der Waals surface area (Å²) < 4.78 is 0. The lowest BCUT2D eigenvalue weighted by molar-refractivity contribution is -0.131. The fourth-order valence-corrected chi connectivity index (χ4v) is 3.85. The van der Waals surface area contributed by atoms with Gasteiger partial charge in [0, 0.05) is 48.7 Å². The van der Waals surface area contributed by atoms with E-state index in [4.69, 9.17) is 0 Å². The molecule has 0 aromatic heterocycles. The van der Waals surface area contributed by atoms with Gasteiger partial charge < -0.3 is 9.80 Å². The average molecular weight is 361 g/mol. The molecule has 27 heavy (non-hydrogen) atoms. The minimum Gasteiger partial charge on any atom is -0.368 e. The van der Waals surface area contributed by atoms with Crippen molar-refractivity contribution >= 4 is 23.2 Å². The van der Waals surface area contributed by atoms with E-state index in [2.05, 4.69) is 30.5 Å². The Kier molecular flexibility index (Phi) is 4.44. The number of nitrogens with zero attached hydrogens (tertiary/aromatic N) is 3. The minimum atomic E-state index is -0.137. The van der Waals surface area contributed by atoms with Crippen LogP contribution in [0.3, 0.4) is 0 Å². The van der Waals surface area contributed by atoms with Gasteiger partial charge in [-0.1, -0.05) is 43.0 Å². The molecule has 0 radical (unpaired) electrons. The molecular formula is C22H23N3O2. The third-order valence-electron chi connectivity index (χ3n) is 5.42. The third-order valence-corrected chi connectivity index (χ3v) is 5.42. The molecule has 0 N–H and O–H groups in total. The predicted molar refractivity (Wildman–Crippen MR) is 106 cm³/mol. The van der Waals surface area contributed by atoms with Gasteiger partial charge in [-0.3, -0.25) is 14.5 Å². The summed E-state index contributed by atoms with van der Waals surface area (Å²) in [5, 5.41) is 0. The molecule has 2 aliphatic rings. The van der Waals surface area contributed by atoms with Crippen LogP contribution in [0.2, 0.25) is 0 Å². The highest BCUT2D eigenvalue weighted by Gasteiger charge is 2.33. The first-order chi connectivity index (χ1) is 13.1. The quantitative estimate of drug-likeness (QED) is 0.844. The van der Waals surface area contributed by atoms with Crippen LogP contribution in [0.4, 0.5) is 5.69 Å². The molecule has 0 aliphatic carbocycles. The zero-order chi connectivity index (χ0) is 19.0. The lowest BCUT2D eigenvalue weighted by atomic mass is 10.1. The maximum atomic E-state index is 12.8. The Morgan fingerprint density at radius 2 is 1.59 bits per heavy atom. The summed E-state index contributed by atoms with van der Waals surface area (Å²) >= 11 is 0. The number of piperazine rings is 1. The van der Waals surface area contributed by atoms with Crippen molar-refractivity contribution in [1.82, 2.24) is 9.80 Å². The number of carbonyl (C=O) groups excluding carboxylic acids is 2. The third kappa shape index (κ3) is 3.10. The van der Waals surface area contributed by atoms with Crippen LogP contribution in [0.1, 0.15) is 21.5 Å². The molecule has 0 saturated carbocycles. The summed E-state index contributed by atoms with van der Waals surface area (Å²) in [5.41, 5.74) is 4.53. The highest BCUT2D eigenvalue weighted by atomic mass is 16.2. The van der Waals surface area contributed by atoms with Gasteiger partial charge >= 0.3 is 0 Å². The zero-order valence-corrected chi connectivity index (χ0v) is 15.5. The van der Waals surface area contributed by atoms with Crippen LogP contribution in [0, 0.1) is 6.92 Å². The predicted octanol–water partition coefficient (Wildman–Crippen LogP) is 2.77. The van der Waals surface area contributed by atoms with Crippen molar-refractivity contribution in [3.8, 4) is 0 Å². The number of carbonyl (C=O) groups is 2. The molecule has 1 saturated heterocycles. The average Bonchev–Trinajstić information content (AvgIpc) is 2.94. The summed E-state index contributed by atoms with van der Waals surface area (Å²) in [6.45, 7) is 9.09.